The molecule has 21 heavy (non-hydrogen) atoms. The van der Waals surface area contributed by atoms with Crippen LogP contribution in [0.15, 0.2) is 24.4 Å². The van der Waals surface area contributed by atoms with Gasteiger partial charge in [0.25, 0.3) is 0 Å². The number of aromatic nitrogens is 2. The zero-order valence-electron chi connectivity index (χ0n) is 10.5. The van der Waals surface area contributed by atoms with Crippen molar-refractivity contribution in [1.82, 2.24) is 9.78 Å². The topological polar surface area (TPSA) is 46.9 Å². The van der Waals surface area contributed by atoms with Gasteiger partial charge < -0.3 is 5.32 Å². The van der Waals surface area contributed by atoms with Gasteiger partial charge in [-0.15, -0.1) is 0 Å². The predicted molar refractivity (Wildman–Crippen MR) is 62.8 cm³/mol. The van der Waals surface area contributed by atoms with E-state index in [1.54, 1.807) is 0 Å². The Morgan fingerprint density at radius 2 is 1.90 bits per heavy atom. The average Bonchev–Trinajstić information content (AvgIpc) is 2.77. The fourth-order valence-electron chi connectivity index (χ4n) is 1.69. The standard InChI is InChI=1S/C12H8F5N3O/c1-6(21)19-11-2-3-18-20(11)10-5-8(13)7(4-9(10)14)12(15,16)17/h2-5H,1H3,(H,19,21). The van der Waals surface area contributed by atoms with Gasteiger partial charge in [-0.05, 0) is 6.07 Å². The van der Waals surface area contributed by atoms with Crippen molar-refractivity contribution in [2.24, 2.45) is 0 Å². The van der Waals surface area contributed by atoms with E-state index in [0.29, 0.717) is 6.07 Å². The van der Waals surface area contributed by atoms with E-state index in [1.165, 1.54) is 19.2 Å². The fraction of sp³-hybridized carbons (Fsp3) is 0.167. The normalized spacial score (nSPS) is 11.5. The minimum absolute atomic E-state index is 0.000517. The molecular weight excluding hydrogens is 297 g/mol. The smallest absolute Gasteiger partial charge is 0.311 e. The van der Waals surface area contributed by atoms with Gasteiger partial charge >= 0.3 is 6.18 Å². The molecule has 0 aliphatic carbocycles. The number of carbonyl (C=O) groups excluding carboxylic acids is 1. The van der Waals surface area contributed by atoms with Gasteiger partial charge in [0.15, 0.2) is 0 Å². The Hall–Kier alpha value is -2.45. The Bertz CT molecular complexity index is 693. The molecule has 0 fully saturated rings. The Morgan fingerprint density at radius 3 is 2.48 bits per heavy atom. The van der Waals surface area contributed by atoms with Crippen LogP contribution < -0.4 is 5.32 Å². The molecular formula is C12H8F5N3O. The third-order valence-corrected chi connectivity index (χ3v) is 2.52. The number of hydrogen-bond donors (Lipinski definition) is 1. The van der Waals surface area contributed by atoms with Crippen LogP contribution in [0.3, 0.4) is 0 Å². The van der Waals surface area contributed by atoms with Crippen molar-refractivity contribution in [3.8, 4) is 5.69 Å². The number of alkyl halides is 3. The van der Waals surface area contributed by atoms with Gasteiger partial charge in [-0.2, -0.15) is 18.3 Å². The lowest BCUT2D eigenvalue weighted by Crippen LogP contribution is -2.14. The zero-order valence-corrected chi connectivity index (χ0v) is 10.5. The van der Waals surface area contributed by atoms with Crippen LogP contribution in [0.5, 0.6) is 0 Å². The van der Waals surface area contributed by atoms with Gasteiger partial charge in [0.2, 0.25) is 5.91 Å². The van der Waals surface area contributed by atoms with Crippen molar-refractivity contribution < 1.29 is 26.7 Å². The van der Waals surface area contributed by atoms with Crippen molar-refractivity contribution in [3.63, 3.8) is 0 Å². The Kier molecular flexibility index (Phi) is 3.67. The maximum Gasteiger partial charge on any atom is 0.419 e. The van der Waals surface area contributed by atoms with E-state index in [9.17, 15) is 26.7 Å². The first-order valence-corrected chi connectivity index (χ1v) is 5.58. The largest absolute Gasteiger partial charge is 0.419 e. The zero-order chi connectivity index (χ0) is 15.8. The molecule has 1 amide bonds. The molecule has 0 atom stereocenters. The summed E-state index contributed by atoms with van der Waals surface area (Å²) >= 11 is 0. The molecule has 1 heterocycles. The van der Waals surface area contributed by atoms with Crippen molar-refractivity contribution in [1.29, 1.82) is 0 Å². The summed E-state index contributed by atoms with van der Waals surface area (Å²) < 4.78 is 65.5. The molecule has 0 saturated heterocycles. The molecule has 0 aliphatic heterocycles. The second-order valence-corrected chi connectivity index (χ2v) is 4.09. The summed E-state index contributed by atoms with van der Waals surface area (Å²) in [5.41, 5.74) is -2.26. The molecule has 0 aliphatic rings. The molecule has 0 saturated carbocycles. The third kappa shape index (κ3) is 3.01. The second kappa shape index (κ2) is 5.15. The summed E-state index contributed by atoms with van der Waals surface area (Å²) in [6, 6.07) is 1.71. The number of nitrogens with one attached hydrogen (secondary N) is 1. The molecule has 1 N–H and O–H groups in total. The van der Waals surface area contributed by atoms with Crippen LogP contribution in [-0.4, -0.2) is 15.7 Å². The average molecular weight is 305 g/mol. The van der Waals surface area contributed by atoms with Crippen LogP contribution in [0.25, 0.3) is 5.69 Å². The highest BCUT2D eigenvalue weighted by atomic mass is 19.4. The molecule has 0 bridgehead atoms. The number of carbonyl (C=O) groups is 1. The monoisotopic (exact) mass is 305 g/mol. The maximum atomic E-state index is 13.8. The molecule has 0 radical (unpaired) electrons. The SMILES string of the molecule is CC(=O)Nc1ccnn1-c1cc(F)c(C(F)(F)F)cc1F. The van der Waals surface area contributed by atoms with E-state index in [2.05, 4.69) is 10.4 Å². The van der Waals surface area contributed by atoms with E-state index < -0.39 is 35.0 Å². The quantitative estimate of drug-likeness (QED) is 0.867. The Morgan fingerprint density at radius 1 is 1.24 bits per heavy atom. The number of halogens is 5. The summed E-state index contributed by atoms with van der Waals surface area (Å²) in [4.78, 5) is 11.0. The van der Waals surface area contributed by atoms with Gasteiger partial charge in [0, 0.05) is 19.1 Å². The highest BCUT2D eigenvalue weighted by Crippen LogP contribution is 2.33. The van der Waals surface area contributed by atoms with Gasteiger partial charge in [0.1, 0.15) is 23.1 Å². The molecule has 1 aromatic carbocycles. The first-order chi connectivity index (χ1) is 9.70. The van der Waals surface area contributed by atoms with Crippen molar-refractivity contribution in [2.75, 3.05) is 5.32 Å². The van der Waals surface area contributed by atoms with Crippen molar-refractivity contribution in [2.45, 2.75) is 13.1 Å². The van der Waals surface area contributed by atoms with E-state index in [-0.39, 0.29) is 11.9 Å². The number of nitrogens with zero attached hydrogens (tertiary/aromatic N) is 2. The highest BCUT2D eigenvalue weighted by molar-refractivity contribution is 5.87. The lowest BCUT2D eigenvalue weighted by molar-refractivity contribution is -0.140. The van der Waals surface area contributed by atoms with Crippen LogP contribution in [0, 0.1) is 11.6 Å². The summed E-state index contributed by atoms with van der Waals surface area (Å²) in [5.74, 6) is -3.45. The van der Waals surface area contributed by atoms with Crippen molar-refractivity contribution in [3.05, 3.63) is 41.6 Å². The Balaban J connectivity index is 2.54. The lowest BCUT2D eigenvalue weighted by Gasteiger charge is -2.12. The van der Waals surface area contributed by atoms with Gasteiger partial charge in [0.05, 0.1) is 11.8 Å². The summed E-state index contributed by atoms with van der Waals surface area (Å²) in [5, 5.41) is 5.94. The fourth-order valence-corrected chi connectivity index (χ4v) is 1.69. The number of benzene rings is 1. The van der Waals surface area contributed by atoms with E-state index >= 15 is 0 Å². The minimum atomic E-state index is -5.01. The predicted octanol–water partition coefficient (Wildman–Crippen LogP) is 3.13. The third-order valence-electron chi connectivity index (χ3n) is 2.52. The number of hydrogen-bond acceptors (Lipinski definition) is 2. The molecule has 1 aromatic heterocycles. The maximum absolute atomic E-state index is 13.8. The highest BCUT2D eigenvalue weighted by Gasteiger charge is 2.35. The first kappa shape index (κ1) is 14.9. The molecule has 0 unspecified atom stereocenters. The van der Waals surface area contributed by atoms with Crippen LogP contribution >= 0.6 is 0 Å². The molecule has 2 rings (SSSR count). The molecule has 2 aromatic rings. The van der Waals surface area contributed by atoms with E-state index in [1.807, 2.05) is 0 Å². The lowest BCUT2D eigenvalue weighted by atomic mass is 10.1. The molecule has 4 nitrogen and oxygen atoms in total. The van der Waals surface area contributed by atoms with Crippen LogP contribution in [0.2, 0.25) is 0 Å². The summed E-state index contributed by atoms with van der Waals surface area (Å²) in [7, 11) is 0. The first-order valence-electron chi connectivity index (χ1n) is 5.58. The summed E-state index contributed by atoms with van der Waals surface area (Å²) in [6.07, 6.45) is -3.83. The number of rotatable bonds is 2. The Labute approximate surface area is 115 Å². The number of anilines is 1. The minimum Gasteiger partial charge on any atom is -0.311 e. The number of amides is 1. The van der Waals surface area contributed by atoms with Gasteiger partial charge in [-0.25, -0.2) is 13.5 Å². The van der Waals surface area contributed by atoms with Crippen LogP contribution in [0.1, 0.15) is 12.5 Å². The van der Waals surface area contributed by atoms with E-state index in [0.717, 1.165) is 4.68 Å². The van der Waals surface area contributed by atoms with E-state index in [4.69, 9.17) is 0 Å². The van der Waals surface area contributed by atoms with Crippen LogP contribution in [-0.2, 0) is 11.0 Å². The van der Waals surface area contributed by atoms with Gasteiger partial charge in [-0.1, -0.05) is 0 Å². The van der Waals surface area contributed by atoms with Gasteiger partial charge in [-0.3, -0.25) is 4.79 Å². The molecule has 0 spiro atoms. The molecule has 9 heteroatoms. The summed E-state index contributed by atoms with van der Waals surface area (Å²) in [6.45, 7) is 1.18. The molecule has 112 valence electrons. The van der Waals surface area contributed by atoms with Crippen molar-refractivity contribution >= 4 is 11.7 Å². The van der Waals surface area contributed by atoms with Crippen LogP contribution in [0.4, 0.5) is 27.8 Å². The second-order valence-electron chi connectivity index (χ2n) is 4.09.